The van der Waals surface area contributed by atoms with Gasteiger partial charge in [-0.15, -0.1) is 0 Å². The van der Waals surface area contributed by atoms with Gasteiger partial charge in [-0.3, -0.25) is 0 Å². The Morgan fingerprint density at radius 1 is 1.33 bits per heavy atom. The third-order valence-corrected chi connectivity index (χ3v) is 3.48. The van der Waals surface area contributed by atoms with E-state index in [1.165, 1.54) is 12.1 Å². The lowest BCUT2D eigenvalue weighted by Crippen LogP contribution is -2.35. The molecule has 1 fully saturated rings. The highest BCUT2D eigenvalue weighted by atomic mass is 19.1. The Morgan fingerprint density at radius 2 is 2.00 bits per heavy atom. The zero-order chi connectivity index (χ0) is 13.1. The number of rotatable bonds is 3. The highest BCUT2D eigenvalue weighted by Gasteiger charge is 2.22. The second-order valence-electron chi connectivity index (χ2n) is 5.14. The van der Waals surface area contributed by atoms with E-state index in [4.69, 9.17) is 5.73 Å². The van der Waals surface area contributed by atoms with Crippen molar-refractivity contribution in [1.29, 1.82) is 0 Å². The van der Waals surface area contributed by atoms with Gasteiger partial charge in [0.15, 0.2) is 0 Å². The van der Waals surface area contributed by atoms with Crippen LogP contribution in [0.15, 0.2) is 12.1 Å². The Bertz CT molecular complexity index is 397. The molecule has 0 aliphatic carbocycles. The first-order valence-electron chi connectivity index (χ1n) is 6.54. The largest absolute Gasteiger partial charge is 0.367 e. The van der Waals surface area contributed by atoms with E-state index in [0.717, 1.165) is 25.9 Å². The third kappa shape index (κ3) is 2.80. The van der Waals surface area contributed by atoms with Gasteiger partial charge >= 0.3 is 0 Å². The number of halogens is 2. The summed E-state index contributed by atoms with van der Waals surface area (Å²) in [6.07, 6.45) is 2.63. The summed E-state index contributed by atoms with van der Waals surface area (Å²) in [5.41, 5.74) is 6.16. The van der Waals surface area contributed by atoms with Gasteiger partial charge in [0.2, 0.25) is 0 Å². The molecule has 0 aromatic heterocycles. The fourth-order valence-electron chi connectivity index (χ4n) is 2.62. The van der Waals surface area contributed by atoms with Crippen molar-refractivity contribution in [2.45, 2.75) is 26.2 Å². The Labute approximate surface area is 107 Å². The van der Waals surface area contributed by atoms with E-state index in [-0.39, 0.29) is 5.69 Å². The molecule has 4 heteroatoms. The van der Waals surface area contributed by atoms with E-state index < -0.39 is 11.6 Å². The summed E-state index contributed by atoms with van der Waals surface area (Å²) in [4.78, 5) is 1.82. The van der Waals surface area contributed by atoms with Gasteiger partial charge < -0.3 is 10.6 Å². The topological polar surface area (TPSA) is 29.3 Å². The van der Waals surface area contributed by atoms with Crippen LogP contribution in [0.3, 0.4) is 0 Å². The molecule has 2 N–H and O–H groups in total. The van der Waals surface area contributed by atoms with E-state index in [1.54, 1.807) is 0 Å². The molecule has 18 heavy (non-hydrogen) atoms. The molecule has 0 amide bonds. The molecule has 1 aromatic carbocycles. The van der Waals surface area contributed by atoms with Crippen LogP contribution in [-0.4, -0.2) is 19.6 Å². The quantitative estimate of drug-likeness (QED) is 0.898. The number of nitrogens with zero attached hydrogens (tertiary/aromatic N) is 1. The van der Waals surface area contributed by atoms with Crippen molar-refractivity contribution in [2.75, 3.05) is 24.5 Å². The van der Waals surface area contributed by atoms with E-state index >= 15 is 0 Å². The molecule has 0 saturated carbocycles. The van der Waals surface area contributed by atoms with Gasteiger partial charge in [0.25, 0.3) is 0 Å². The molecule has 2 rings (SSSR count). The summed E-state index contributed by atoms with van der Waals surface area (Å²) in [6, 6.07) is 2.81. The Morgan fingerprint density at radius 3 is 2.56 bits per heavy atom. The highest BCUT2D eigenvalue weighted by molar-refractivity contribution is 5.51. The zero-order valence-corrected chi connectivity index (χ0v) is 10.8. The van der Waals surface area contributed by atoms with Gasteiger partial charge in [-0.25, -0.2) is 8.78 Å². The molecule has 1 atom stereocenters. The van der Waals surface area contributed by atoms with E-state index in [9.17, 15) is 8.78 Å². The smallest absolute Gasteiger partial charge is 0.149 e. The average molecular weight is 254 g/mol. The molecule has 1 heterocycles. The Balaban J connectivity index is 2.27. The van der Waals surface area contributed by atoms with Crippen molar-refractivity contribution < 1.29 is 8.78 Å². The number of anilines is 1. The second kappa shape index (κ2) is 5.65. The SMILES string of the molecule is CC1CCCN(c2c(F)cc(CCN)cc2F)C1. The summed E-state index contributed by atoms with van der Waals surface area (Å²) in [6.45, 7) is 3.97. The minimum atomic E-state index is -0.465. The van der Waals surface area contributed by atoms with Crippen molar-refractivity contribution in [3.8, 4) is 0 Å². The van der Waals surface area contributed by atoms with Crippen molar-refractivity contribution in [1.82, 2.24) is 0 Å². The van der Waals surface area contributed by atoms with Gasteiger partial charge in [-0.05, 0) is 49.4 Å². The third-order valence-electron chi connectivity index (χ3n) is 3.48. The molecule has 1 aromatic rings. The fraction of sp³-hybridized carbons (Fsp3) is 0.571. The minimum Gasteiger partial charge on any atom is -0.367 e. The average Bonchev–Trinajstić information content (AvgIpc) is 2.28. The lowest BCUT2D eigenvalue weighted by Gasteiger charge is -2.33. The molecule has 1 aliphatic heterocycles. The number of hydrogen-bond acceptors (Lipinski definition) is 2. The van der Waals surface area contributed by atoms with E-state index in [0.29, 0.717) is 24.4 Å². The summed E-state index contributed by atoms with van der Waals surface area (Å²) >= 11 is 0. The maximum absolute atomic E-state index is 14.0. The first-order chi connectivity index (χ1) is 8.61. The lowest BCUT2D eigenvalue weighted by molar-refractivity contribution is 0.435. The molecule has 0 radical (unpaired) electrons. The molecule has 1 aliphatic rings. The number of piperidine rings is 1. The predicted molar refractivity (Wildman–Crippen MR) is 69.7 cm³/mol. The molecular weight excluding hydrogens is 234 g/mol. The Kier molecular flexibility index (Phi) is 4.17. The van der Waals surface area contributed by atoms with Crippen LogP contribution in [0.2, 0.25) is 0 Å². The van der Waals surface area contributed by atoms with Crippen LogP contribution in [0, 0.1) is 17.6 Å². The maximum Gasteiger partial charge on any atom is 0.149 e. The first kappa shape index (κ1) is 13.3. The van der Waals surface area contributed by atoms with E-state index in [2.05, 4.69) is 6.92 Å². The summed E-state index contributed by atoms with van der Waals surface area (Å²) < 4.78 is 28.0. The zero-order valence-electron chi connectivity index (χ0n) is 10.8. The molecular formula is C14H20F2N2. The van der Waals surface area contributed by atoms with Crippen molar-refractivity contribution >= 4 is 5.69 Å². The summed E-state index contributed by atoms with van der Waals surface area (Å²) in [5, 5.41) is 0. The molecule has 0 bridgehead atoms. The number of hydrogen-bond donors (Lipinski definition) is 1. The van der Waals surface area contributed by atoms with Crippen LogP contribution in [-0.2, 0) is 6.42 Å². The van der Waals surface area contributed by atoms with Crippen LogP contribution in [0.1, 0.15) is 25.3 Å². The van der Waals surface area contributed by atoms with Crippen molar-refractivity contribution in [3.05, 3.63) is 29.3 Å². The van der Waals surface area contributed by atoms with Gasteiger partial charge in [-0.2, -0.15) is 0 Å². The van der Waals surface area contributed by atoms with Crippen LogP contribution >= 0.6 is 0 Å². The van der Waals surface area contributed by atoms with Crippen LogP contribution in [0.4, 0.5) is 14.5 Å². The van der Waals surface area contributed by atoms with Gasteiger partial charge in [0, 0.05) is 13.1 Å². The lowest BCUT2D eigenvalue weighted by atomic mass is 9.99. The molecule has 1 unspecified atom stereocenters. The first-order valence-corrected chi connectivity index (χ1v) is 6.54. The van der Waals surface area contributed by atoms with Crippen molar-refractivity contribution in [3.63, 3.8) is 0 Å². The van der Waals surface area contributed by atoms with E-state index in [1.807, 2.05) is 4.90 Å². The number of nitrogens with two attached hydrogens (primary N) is 1. The molecule has 1 saturated heterocycles. The maximum atomic E-state index is 14.0. The molecule has 100 valence electrons. The van der Waals surface area contributed by atoms with Gasteiger partial charge in [0.1, 0.15) is 17.3 Å². The Hall–Kier alpha value is -1.16. The molecule has 2 nitrogen and oxygen atoms in total. The van der Waals surface area contributed by atoms with Crippen LogP contribution in [0.5, 0.6) is 0 Å². The fourth-order valence-corrected chi connectivity index (χ4v) is 2.62. The normalized spacial score (nSPS) is 20.2. The van der Waals surface area contributed by atoms with Gasteiger partial charge in [-0.1, -0.05) is 6.92 Å². The standard InChI is InChI=1S/C14H20F2N2/c1-10-3-2-6-18(9-10)14-12(15)7-11(4-5-17)8-13(14)16/h7-8,10H,2-6,9,17H2,1H3. The van der Waals surface area contributed by atoms with Crippen LogP contribution < -0.4 is 10.6 Å². The minimum absolute atomic E-state index is 0.127. The second-order valence-corrected chi connectivity index (χ2v) is 5.14. The van der Waals surface area contributed by atoms with Crippen LogP contribution in [0.25, 0.3) is 0 Å². The highest BCUT2D eigenvalue weighted by Crippen LogP contribution is 2.29. The van der Waals surface area contributed by atoms with Crippen molar-refractivity contribution in [2.24, 2.45) is 11.7 Å². The molecule has 0 spiro atoms. The predicted octanol–water partition coefficient (Wildman–Crippen LogP) is 2.70. The summed E-state index contributed by atoms with van der Waals surface area (Å²) in [5.74, 6) is -0.443. The number of benzene rings is 1. The monoisotopic (exact) mass is 254 g/mol. The van der Waals surface area contributed by atoms with Gasteiger partial charge in [0.05, 0.1) is 0 Å². The summed E-state index contributed by atoms with van der Waals surface area (Å²) in [7, 11) is 0.